The maximum Gasteiger partial charge on any atom is 0.295 e. The first-order chi connectivity index (χ1) is 15.5. The van der Waals surface area contributed by atoms with Gasteiger partial charge in [-0.25, -0.2) is 0 Å². The van der Waals surface area contributed by atoms with Gasteiger partial charge in [-0.1, -0.05) is 29.8 Å². The van der Waals surface area contributed by atoms with E-state index >= 15 is 0 Å². The number of amides is 1. The van der Waals surface area contributed by atoms with Crippen molar-refractivity contribution in [1.82, 2.24) is 4.90 Å². The standard InChI is InChI=1S/C25H25NO6/c1-15-4-6-16(7-5-15)22-21(24(28)25(29)26(22)14-18-3-2-10-30-18)23(27)17-8-9-19-20(13-17)32-12-11-31-19/h4-9,13,18,22,27H,2-3,10-12,14H2,1H3/t18-,22+/m1/s1. The summed E-state index contributed by atoms with van der Waals surface area (Å²) >= 11 is 0. The van der Waals surface area contributed by atoms with E-state index in [1.165, 1.54) is 4.90 Å². The average Bonchev–Trinajstić information content (AvgIpc) is 3.41. The molecule has 0 aromatic heterocycles. The molecular formula is C25H25NO6. The molecule has 0 spiro atoms. The number of aryl methyl sites for hydroxylation is 1. The van der Waals surface area contributed by atoms with Gasteiger partial charge in [-0.2, -0.15) is 0 Å². The highest BCUT2D eigenvalue weighted by Crippen LogP contribution is 2.41. The number of likely N-dealkylation sites (tertiary alicyclic amines) is 1. The number of hydrogen-bond donors (Lipinski definition) is 1. The van der Waals surface area contributed by atoms with Crippen molar-refractivity contribution in [3.63, 3.8) is 0 Å². The third-order valence-corrected chi connectivity index (χ3v) is 6.17. The van der Waals surface area contributed by atoms with Gasteiger partial charge in [0.25, 0.3) is 11.7 Å². The normalized spacial score (nSPS) is 24.2. The first-order valence-electron chi connectivity index (χ1n) is 10.9. The first-order valence-corrected chi connectivity index (χ1v) is 10.9. The highest BCUT2D eigenvalue weighted by Gasteiger charge is 2.47. The van der Waals surface area contributed by atoms with Crippen LogP contribution in [0.3, 0.4) is 0 Å². The largest absolute Gasteiger partial charge is 0.507 e. The Balaban J connectivity index is 1.60. The van der Waals surface area contributed by atoms with E-state index in [0.717, 1.165) is 24.0 Å². The second-order valence-electron chi connectivity index (χ2n) is 8.36. The van der Waals surface area contributed by atoms with E-state index in [1.807, 2.05) is 31.2 Å². The van der Waals surface area contributed by atoms with Gasteiger partial charge in [0.15, 0.2) is 11.5 Å². The lowest BCUT2D eigenvalue weighted by Gasteiger charge is -2.27. The van der Waals surface area contributed by atoms with Gasteiger partial charge in [0.2, 0.25) is 0 Å². The third kappa shape index (κ3) is 3.62. The van der Waals surface area contributed by atoms with Crippen LogP contribution in [0.1, 0.15) is 35.6 Å². The van der Waals surface area contributed by atoms with Gasteiger partial charge in [0, 0.05) is 18.7 Å². The predicted molar refractivity (Wildman–Crippen MR) is 117 cm³/mol. The topological polar surface area (TPSA) is 85.3 Å². The van der Waals surface area contributed by atoms with E-state index in [9.17, 15) is 14.7 Å². The van der Waals surface area contributed by atoms with Crippen LogP contribution >= 0.6 is 0 Å². The van der Waals surface area contributed by atoms with Crippen molar-refractivity contribution < 1.29 is 28.9 Å². The van der Waals surface area contributed by atoms with Crippen LogP contribution in [0.4, 0.5) is 0 Å². The SMILES string of the molecule is Cc1ccc([C@H]2C(=C(O)c3ccc4c(c3)OCCO4)C(=O)C(=O)N2C[C@H]2CCCO2)cc1. The average molecular weight is 435 g/mol. The summed E-state index contributed by atoms with van der Waals surface area (Å²) in [6.07, 6.45) is 1.66. The van der Waals surface area contributed by atoms with Crippen molar-refractivity contribution in [2.45, 2.75) is 31.9 Å². The maximum absolute atomic E-state index is 13.1. The van der Waals surface area contributed by atoms with Crippen molar-refractivity contribution >= 4 is 17.4 Å². The summed E-state index contributed by atoms with van der Waals surface area (Å²) in [5.41, 5.74) is 2.32. The summed E-state index contributed by atoms with van der Waals surface area (Å²) in [5, 5.41) is 11.2. The number of carbonyl (C=O) groups is 2. The van der Waals surface area contributed by atoms with E-state index in [4.69, 9.17) is 14.2 Å². The Labute approximate surface area is 186 Å². The molecule has 32 heavy (non-hydrogen) atoms. The van der Waals surface area contributed by atoms with Crippen LogP contribution in [-0.4, -0.2) is 54.2 Å². The van der Waals surface area contributed by atoms with Crippen molar-refractivity contribution in [3.8, 4) is 11.5 Å². The molecule has 3 heterocycles. The van der Waals surface area contributed by atoms with Crippen LogP contribution in [-0.2, 0) is 14.3 Å². The van der Waals surface area contributed by atoms with Crippen LogP contribution in [0.25, 0.3) is 5.76 Å². The zero-order valence-corrected chi connectivity index (χ0v) is 17.9. The molecule has 0 radical (unpaired) electrons. The minimum Gasteiger partial charge on any atom is -0.507 e. The molecule has 1 N–H and O–H groups in total. The number of aliphatic hydroxyl groups excluding tert-OH is 1. The van der Waals surface area contributed by atoms with Crippen molar-refractivity contribution in [3.05, 3.63) is 64.7 Å². The lowest BCUT2D eigenvalue weighted by Crippen LogP contribution is -2.36. The molecule has 166 valence electrons. The summed E-state index contributed by atoms with van der Waals surface area (Å²) in [4.78, 5) is 27.7. The maximum atomic E-state index is 13.1. The van der Waals surface area contributed by atoms with E-state index in [0.29, 0.717) is 43.4 Å². The second-order valence-corrected chi connectivity index (χ2v) is 8.36. The first kappa shape index (κ1) is 20.6. The molecule has 2 aromatic carbocycles. The van der Waals surface area contributed by atoms with Gasteiger partial charge < -0.3 is 24.2 Å². The number of nitrogens with zero attached hydrogens (tertiary/aromatic N) is 1. The summed E-state index contributed by atoms with van der Waals surface area (Å²) in [6, 6.07) is 12.0. The molecule has 2 atom stereocenters. The number of carbonyl (C=O) groups excluding carboxylic acids is 2. The highest BCUT2D eigenvalue weighted by molar-refractivity contribution is 6.46. The number of Topliss-reactive ketones (excluding diaryl/α,β-unsaturated/α-hetero) is 1. The molecule has 7 heteroatoms. The molecule has 1 amide bonds. The Morgan fingerprint density at radius 2 is 1.78 bits per heavy atom. The summed E-state index contributed by atoms with van der Waals surface area (Å²) in [7, 11) is 0. The van der Waals surface area contributed by atoms with Crippen LogP contribution < -0.4 is 9.47 Å². The summed E-state index contributed by atoms with van der Waals surface area (Å²) in [5.74, 6) is -0.450. The monoisotopic (exact) mass is 435 g/mol. The van der Waals surface area contributed by atoms with Crippen LogP contribution in [0.15, 0.2) is 48.0 Å². The number of rotatable bonds is 4. The van der Waals surface area contributed by atoms with Crippen molar-refractivity contribution in [1.29, 1.82) is 0 Å². The molecule has 0 saturated carbocycles. The lowest BCUT2D eigenvalue weighted by molar-refractivity contribution is -0.140. The van der Waals surface area contributed by atoms with Crippen LogP contribution in [0.5, 0.6) is 11.5 Å². The molecule has 5 rings (SSSR count). The molecular weight excluding hydrogens is 410 g/mol. The molecule has 2 aromatic rings. The summed E-state index contributed by atoms with van der Waals surface area (Å²) in [6.45, 7) is 3.80. The van der Waals surface area contributed by atoms with Crippen LogP contribution in [0, 0.1) is 6.92 Å². The second kappa shape index (κ2) is 8.31. The van der Waals surface area contributed by atoms with Gasteiger partial charge in [0.1, 0.15) is 19.0 Å². The van der Waals surface area contributed by atoms with Crippen molar-refractivity contribution in [2.75, 3.05) is 26.4 Å². The van der Waals surface area contributed by atoms with E-state index in [-0.39, 0.29) is 17.4 Å². The number of fused-ring (bicyclic) bond motifs is 1. The fraction of sp³-hybridized carbons (Fsp3) is 0.360. The van der Waals surface area contributed by atoms with Gasteiger partial charge in [-0.3, -0.25) is 9.59 Å². The summed E-state index contributed by atoms with van der Waals surface area (Å²) < 4.78 is 16.9. The Morgan fingerprint density at radius 1 is 1.03 bits per heavy atom. The number of aliphatic hydroxyl groups is 1. The molecule has 7 nitrogen and oxygen atoms in total. The molecule has 2 saturated heterocycles. The third-order valence-electron chi connectivity index (χ3n) is 6.17. The van der Waals surface area contributed by atoms with Crippen molar-refractivity contribution in [2.24, 2.45) is 0 Å². The number of hydrogen-bond acceptors (Lipinski definition) is 6. The Morgan fingerprint density at radius 3 is 2.50 bits per heavy atom. The molecule has 0 bridgehead atoms. The predicted octanol–water partition coefficient (Wildman–Crippen LogP) is 3.37. The molecule has 3 aliphatic heterocycles. The van der Waals surface area contributed by atoms with E-state index < -0.39 is 17.7 Å². The highest BCUT2D eigenvalue weighted by atomic mass is 16.6. The smallest absolute Gasteiger partial charge is 0.295 e. The van der Waals surface area contributed by atoms with Gasteiger partial charge in [0.05, 0.1) is 17.7 Å². The number of benzene rings is 2. The van der Waals surface area contributed by atoms with E-state index in [1.54, 1.807) is 18.2 Å². The minimum absolute atomic E-state index is 0.0773. The molecule has 0 unspecified atom stereocenters. The molecule has 3 aliphatic rings. The Kier molecular flexibility index (Phi) is 5.35. The zero-order valence-electron chi connectivity index (χ0n) is 17.9. The number of ketones is 1. The minimum atomic E-state index is -0.694. The van der Waals surface area contributed by atoms with E-state index in [2.05, 4.69) is 0 Å². The molecule has 0 aliphatic carbocycles. The van der Waals surface area contributed by atoms with Gasteiger partial charge >= 0.3 is 0 Å². The van der Waals surface area contributed by atoms with Gasteiger partial charge in [-0.15, -0.1) is 0 Å². The fourth-order valence-corrected chi connectivity index (χ4v) is 4.52. The number of ether oxygens (including phenoxy) is 3. The van der Waals surface area contributed by atoms with Gasteiger partial charge in [-0.05, 0) is 43.5 Å². The zero-order chi connectivity index (χ0) is 22.2. The fourth-order valence-electron chi connectivity index (χ4n) is 4.52. The Hall–Kier alpha value is -3.32. The lowest BCUT2D eigenvalue weighted by atomic mass is 9.94. The quantitative estimate of drug-likeness (QED) is 0.450. The van der Waals surface area contributed by atoms with Crippen LogP contribution in [0.2, 0.25) is 0 Å². The Bertz CT molecular complexity index is 1080. The molecule has 2 fully saturated rings.